The van der Waals surface area contributed by atoms with Gasteiger partial charge in [0.15, 0.2) is 0 Å². The number of ether oxygens (including phenoxy) is 1. The van der Waals surface area contributed by atoms with Gasteiger partial charge in [0.25, 0.3) is 0 Å². The van der Waals surface area contributed by atoms with Crippen LogP contribution in [0.25, 0.3) is 0 Å². The monoisotopic (exact) mass is 269 g/mol. The first-order valence-electron chi connectivity index (χ1n) is 7.63. The molecule has 2 atom stereocenters. The summed E-state index contributed by atoms with van der Waals surface area (Å²) in [5.74, 6) is -0.667. The van der Waals surface area contributed by atoms with Gasteiger partial charge in [-0.15, -0.1) is 0 Å². The number of likely N-dealkylation sites (tertiary alicyclic amines) is 1. The molecule has 2 unspecified atom stereocenters. The summed E-state index contributed by atoms with van der Waals surface area (Å²) < 4.78 is 6.02. The quantitative estimate of drug-likeness (QED) is 0.855. The molecule has 4 nitrogen and oxygen atoms in total. The van der Waals surface area contributed by atoms with E-state index in [-0.39, 0.29) is 17.7 Å². The molecule has 0 aromatic carbocycles. The van der Waals surface area contributed by atoms with Gasteiger partial charge >= 0.3 is 5.97 Å². The first-order chi connectivity index (χ1) is 8.98. The number of rotatable bonds is 3. The first kappa shape index (κ1) is 14.8. The van der Waals surface area contributed by atoms with Gasteiger partial charge < -0.3 is 9.84 Å². The fraction of sp³-hybridized carbons (Fsp3) is 0.933. The second kappa shape index (κ2) is 6.23. The molecule has 4 heteroatoms. The Morgan fingerprint density at radius 1 is 1.26 bits per heavy atom. The Bertz CT molecular complexity index is 317. The van der Waals surface area contributed by atoms with Crippen molar-refractivity contribution in [1.29, 1.82) is 0 Å². The number of carboxylic acids is 1. The molecule has 2 aliphatic heterocycles. The molecule has 0 bridgehead atoms. The van der Waals surface area contributed by atoms with Crippen LogP contribution in [0, 0.1) is 0 Å². The Balaban J connectivity index is 1.95. The van der Waals surface area contributed by atoms with Crippen molar-refractivity contribution in [2.45, 2.75) is 76.5 Å². The van der Waals surface area contributed by atoms with E-state index >= 15 is 0 Å². The molecule has 19 heavy (non-hydrogen) atoms. The highest BCUT2D eigenvalue weighted by Gasteiger charge is 2.35. The van der Waals surface area contributed by atoms with Gasteiger partial charge in [0.1, 0.15) is 6.04 Å². The standard InChI is InChI=1S/C15H27NO3/c1-15(2)9-8-12(19-15)11-16-10-6-4-3-5-7-13(16)14(17)18/h12-13H,3-11H2,1-2H3,(H,17,18). The van der Waals surface area contributed by atoms with Gasteiger partial charge in [-0.25, -0.2) is 0 Å². The molecular formula is C15H27NO3. The minimum absolute atomic E-state index is 0.0356. The summed E-state index contributed by atoms with van der Waals surface area (Å²) in [5, 5.41) is 9.42. The van der Waals surface area contributed by atoms with Crippen LogP contribution in [0.4, 0.5) is 0 Å². The molecule has 0 aromatic rings. The SMILES string of the molecule is CC1(C)CCC(CN2CCCCCCC2C(=O)O)O1. The Hall–Kier alpha value is -0.610. The van der Waals surface area contributed by atoms with E-state index in [0.29, 0.717) is 0 Å². The van der Waals surface area contributed by atoms with Gasteiger partial charge in [-0.2, -0.15) is 0 Å². The van der Waals surface area contributed by atoms with Crippen LogP contribution in [-0.2, 0) is 9.53 Å². The van der Waals surface area contributed by atoms with Gasteiger partial charge in [-0.05, 0) is 46.1 Å². The van der Waals surface area contributed by atoms with E-state index in [4.69, 9.17) is 4.74 Å². The maximum Gasteiger partial charge on any atom is 0.320 e. The summed E-state index contributed by atoms with van der Waals surface area (Å²) in [6.45, 7) is 5.92. The van der Waals surface area contributed by atoms with Gasteiger partial charge in [0.05, 0.1) is 11.7 Å². The normalized spacial score (nSPS) is 32.7. The smallest absolute Gasteiger partial charge is 0.320 e. The fourth-order valence-corrected chi connectivity index (χ4v) is 3.31. The number of nitrogens with zero attached hydrogens (tertiary/aromatic N) is 1. The third kappa shape index (κ3) is 4.18. The molecule has 0 aromatic heterocycles. The minimum atomic E-state index is -0.667. The summed E-state index contributed by atoms with van der Waals surface area (Å²) in [6.07, 6.45) is 7.65. The van der Waals surface area contributed by atoms with Crippen molar-refractivity contribution in [2.75, 3.05) is 13.1 Å². The molecule has 0 saturated carbocycles. The lowest BCUT2D eigenvalue weighted by atomic mass is 10.0. The van der Waals surface area contributed by atoms with Crippen LogP contribution in [0.3, 0.4) is 0 Å². The first-order valence-corrected chi connectivity index (χ1v) is 7.63. The molecule has 2 heterocycles. The zero-order valence-electron chi connectivity index (χ0n) is 12.2. The fourth-order valence-electron chi connectivity index (χ4n) is 3.31. The molecule has 0 aliphatic carbocycles. The third-order valence-electron chi connectivity index (χ3n) is 4.39. The van der Waals surface area contributed by atoms with Crippen LogP contribution in [0.1, 0.15) is 58.8 Å². The van der Waals surface area contributed by atoms with E-state index in [1.54, 1.807) is 0 Å². The highest BCUT2D eigenvalue weighted by Crippen LogP contribution is 2.30. The molecule has 0 spiro atoms. The number of hydrogen-bond donors (Lipinski definition) is 1. The summed E-state index contributed by atoms with van der Waals surface area (Å²) in [4.78, 5) is 13.6. The van der Waals surface area contributed by atoms with E-state index in [9.17, 15) is 9.90 Å². The van der Waals surface area contributed by atoms with E-state index in [1.165, 1.54) is 12.8 Å². The van der Waals surface area contributed by atoms with Crippen molar-refractivity contribution in [2.24, 2.45) is 0 Å². The van der Waals surface area contributed by atoms with Gasteiger partial charge in [-0.1, -0.05) is 19.3 Å². The Kier molecular flexibility index (Phi) is 4.85. The molecule has 2 rings (SSSR count). The van der Waals surface area contributed by atoms with E-state index in [1.807, 2.05) is 0 Å². The van der Waals surface area contributed by atoms with Crippen LogP contribution in [0.2, 0.25) is 0 Å². The predicted octanol–water partition coefficient (Wildman–Crippen LogP) is 2.66. The van der Waals surface area contributed by atoms with Crippen molar-refractivity contribution >= 4 is 5.97 Å². The molecule has 0 amide bonds. The van der Waals surface area contributed by atoms with E-state index in [0.717, 1.165) is 45.2 Å². The molecule has 2 saturated heterocycles. The topological polar surface area (TPSA) is 49.8 Å². The van der Waals surface area contributed by atoms with Gasteiger partial charge in [0, 0.05) is 6.54 Å². The minimum Gasteiger partial charge on any atom is -0.480 e. The van der Waals surface area contributed by atoms with E-state index in [2.05, 4.69) is 18.7 Å². The van der Waals surface area contributed by atoms with Crippen molar-refractivity contribution < 1.29 is 14.6 Å². The van der Waals surface area contributed by atoms with Crippen LogP contribution >= 0.6 is 0 Å². The lowest BCUT2D eigenvalue weighted by Crippen LogP contribution is -2.46. The second-order valence-corrected chi connectivity index (χ2v) is 6.59. The maximum absolute atomic E-state index is 11.4. The van der Waals surface area contributed by atoms with Crippen LogP contribution in [0.15, 0.2) is 0 Å². The zero-order chi connectivity index (χ0) is 13.9. The summed E-state index contributed by atoms with van der Waals surface area (Å²) in [5.41, 5.74) is -0.0356. The number of carbonyl (C=O) groups is 1. The van der Waals surface area contributed by atoms with E-state index < -0.39 is 5.97 Å². The van der Waals surface area contributed by atoms with Gasteiger partial charge in [0.2, 0.25) is 0 Å². The molecule has 2 fully saturated rings. The number of carboxylic acid groups (broad SMARTS) is 1. The maximum atomic E-state index is 11.4. The average Bonchev–Trinajstić information content (AvgIpc) is 2.61. The van der Waals surface area contributed by atoms with Crippen LogP contribution in [-0.4, -0.2) is 46.8 Å². The largest absolute Gasteiger partial charge is 0.480 e. The molecule has 1 N–H and O–H groups in total. The van der Waals surface area contributed by atoms with Crippen molar-refractivity contribution in [3.05, 3.63) is 0 Å². The average molecular weight is 269 g/mol. The predicted molar refractivity (Wildman–Crippen MR) is 74.3 cm³/mol. The molecule has 2 aliphatic rings. The lowest BCUT2D eigenvalue weighted by molar-refractivity contribution is -0.144. The third-order valence-corrected chi connectivity index (χ3v) is 4.39. The summed E-state index contributed by atoms with van der Waals surface area (Å²) in [7, 11) is 0. The Labute approximate surface area is 116 Å². The van der Waals surface area contributed by atoms with Crippen molar-refractivity contribution in [3.63, 3.8) is 0 Å². The second-order valence-electron chi connectivity index (χ2n) is 6.59. The van der Waals surface area contributed by atoms with Gasteiger partial charge in [-0.3, -0.25) is 9.69 Å². The Morgan fingerprint density at radius 2 is 2.00 bits per heavy atom. The highest BCUT2D eigenvalue weighted by molar-refractivity contribution is 5.73. The van der Waals surface area contributed by atoms with Crippen LogP contribution in [0.5, 0.6) is 0 Å². The molecule has 110 valence electrons. The van der Waals surface area contributed by atoms with Crippen molar-refractivity contribution in [3.8, 4) is 0 Å². The molecular weight excluding hydrogens is 242 g/mol. The van der Waals surface area contributed by atoms with Crippen molar-refractivity contribution in [1.82, 2.24) is 4.90 Å². The summed E-state index contributed by atoms with van der Waals surface area (Å²) in [6, 6.07) is -0.312. The highest BCUT2D eigenvalue weighted by atomic mass is 16.5. The lowest BCUT2D eigenvalue weighted by Gasteiger charge is -2.33. The Morgan fingerprint density at radius 3 is 2.63 bits per heavy atom. The summed E-state index contributed by atoms with van der Waals surface area (Å²) >= 11 is 0. The zero-order valence-corrected chi connectivity index (χ0v) is 12.2. The number of hydrogen-bond acceptors (Lipinski definition) is 3. The number of aliphatic carboxylic acids is 1. The van der Waals surface area contributed by atoms with Crippen LogP contribution < -0.4 is 0 Å². The molecule has 0 radical (unpaired) electrons.